The van der Waals surface area contributed by atoms with Crippen LogP contribution in [0.3, 0.4) is 0 Å². The SMILES string of the molecule is CCOc1cccc(OC(C=O)O[P+](=O)O)c1OCC. The van der Waals surface area contributed by atoms with E-state index in [0.717, 1.165) is 0 Å². The van der Waals surface area contributed by atoms with E-state index in [1.165, 1.54) is 6.07 Å². The molecule has 0 saturated carbocycles. The molecule has 2 unspecified atom stereocenters. The highest BCUT2D eigenvalue weighted by Gasteiger charge is 2.26. The van der Waals surface area contributed by atoms with Gasteiger partial charge < -0.3 is 14.2 Å². The number of para-hydroxylation sites is 1. The van der Waals surface area contributed by atoms with Crippen LogP contribution in [0.25, 0.3) is 0 Å². The van der Waals surface area contributed by atoms with Crippen molar-refractivity contribution in [3.8, 4) is 17.2 Å². The molecule has 1 N–H and O–H groups in total. The third-order valence-electron chi connectivity index (χ3n) is 2.08. The van der Waals surface area contributed by atoms with E-state index in [0.29, 0.717) is 24.7 Å². The molecule has 20 heavy (non-hydrogen) atoms. The summed E-state index contributed by atoms with van der Waals surface area (Å²) < 4.78 is 31.0. The lowest BCUT2D eigenvalue weighted by Crippen LogP contribution is -2.19. The minimum atomic E-state index is -2.95. The fourth-order valence-electron chi connectivity index (χ4n) is 1.43. The predicted octanol–water partition coefficient (Wildman–Crippen LogP) is 2.05. The van der Waals surface area contributed by atoms with E-state index in [9.17, 15) is 9.36 Å². The van der Waals surface area contributed by atoms with Gasteiger partial charge in [-0.2, -0.15) is 0 Å². The van der Waals surface area contributed by atoms with Crippen LogP contribution in [0.5, 0.6) is 17.2 Å². The van der Waals surface area contributed by atoms with Gasteiger partial charge in [-0.1, -0.05) is 10.6 Å². The average molecular weight is 303 g/mol. The van der Waals surface area contributed by atoms with Crippen LogP contribution in [0.1, 0.15) is 13.8 Å². The van der Waals surface area contributed by atoms with Crippen molar-refractivity contribution >= 4 is 14.5 Å². The molecule has 0 bridgehead atoms. The lowest BCUT2D eigenvalue weighted by molar-refractivity contribution is -0.124. The molecular weight excluding hydrogens is 287 g/mol. The smallest absolute Gasteiger partial charge is 0.490 e. The van der Waals surface area contributed by atoms with E-state index >= 15 is 0 Å². The second-order valence-corrected chi connectivity index (χ2v) is 4.10. The van der Waals surface area contributed by atoms with Gasteiger partial charge in [-0.15, -0.1) is 4.89 Å². The Hall–Kier alpha value is -1.69. The highest BCUT2D eigenvalue weighted by molar-refractivity contribution is 7.32. The summed E-state index contributed by atoms with van der Waals surface area (Å²) in [5, 5.41) is 0. The van der Waals surface area contributed by atoms with Gasteiger partial charge in [0, 0.05) is 4.57 Å². The summed E-state index contributed by atoms with van der Waals surface area (Å²) >= 11 is 0. The van der Waals surface area contributed by atoms with Crippen molar-refractivity contribution in [1.29, 1.82) is 0 Å². The summed E-state index contributed by atoms with van der Waals surface area (Å²) in [5.74, 6) is 0.942. The molecule has 0 radical (unpaired) electrons. The highest BCUT2D eigenvalue weighted by atomic mass is 31.1. The van der Waals surface area contributed by atoms with Crippen molar-refractivity contribution in [1.82, 2.24) is 0 Å². The fourth-order valence-corrected chi connectivity index (χ4v) is 1.70. The van der Waals surface area contributed by atoms with Crippen molar-refractivity contribution in [2.45, 2.75) is 20.1 Å². The zero-order valence-electron chi connectivity index (χ0n) is 11.1. The number of hydrogen-bond acceptors (Lipinski definition) is 6. The second kappa shape index (κ2) is 8.47. The Kier molecular flexibility index (Phi) is 6.93. The molecule has 0 aliphatic heterocycles. The van der Waals surface area contributed by atoms with Crippen molar-refractivity contribution < 1.29 is 33.0 Å². The molecule has 7 nitrogen and oxygen atoms in total. The van der Waals surface area contributed by atoms with Gasteiger partial charge in [0.25, 0.3) is 0 Å². The monoisotopic (exact) mass is 303 g/mol. The molecule has 0 fully saturated rings. The number of benzene rings is 1. The molecule has 8 heteroatoms. The van der Waals surface area contributed by atoms with Gasteiger partial charge in [-0.3, -0.25) is 4.79 Å². The topological polar surface area (TPSA) is 91.3 Å². The molecule has 0 heterocycles. The second-order valence-electron chi connectivity index (χ2n) is 3.42. The maximum absolute atomic E-state index is 10.8. The standard InChI is InChI=1S/C12H15O7P/c1-3-16-9-6-5-7-10(12(9)17-4-2)18-11(8-13)19-20(14)15/h5-8,11H,3-4H2,1-2H3/p+1. The Morgan fingerprint density at radius 3 is 2.45 bits per heavy atom. The summed E-state index contributed by atoms with van der Waals surface area (Å²) in [6.07, 6.45) is -1.23. The van der Waals surface area contributed by atoms with Crippen LogP contribution in [-0.4, -0.2) is 30.7 Å². The zero-order valence-corrected chi connectivity index (χ0v) is 12.0. The minimum Gasteiger partial charge on any atom is -0.490 e. The Morgan fingerprint density at radius 2 is 1.90 bits per heavy atom. The summed E-state index contributed by atoms with van der Waals surface area (Å²) in [6, 6.07) is 4.87. The summed E-state index contributed by atoms with van der Waals surface area (Å²) in [4.78, 5) is 19.4. The van der Waals surface area contributed by atoms with Crippen molar-refractivity contribution in [2.75, 3.05) is 13.2 Å². The Balaban J connectivity index is 2.99. The van der Waals surface area contributed by atoms with Gasteiger partial charge >= 0.3 is 14.5 Å². The number of aldehydes is 1. The van der Waals surface area contributed by atoms with Gasteiger partial charge in [0.2, 0.25) is 5.75 Å². The normalized spacial score (nSPS) is 12.4. The molecule has 0 aliphatic rings. The maximum Gasteiger partial charge on any atom is 0.699 e. The number of ether oxygens (including phenoxy) is 3. The van der Waals surface area contributed by atoms with Crippen molar-refractivity contribution in [3.05, 3.63) is 18.2 Å². The summed E-state index contributed by atoms with van der Waals surface area (Å²) in [6.45, 7) is 4.39. The van der Waals surface area contributed by atoms with Crippen molar-refractivity contribution in [3.63, 3.8) is 0 Å². The largest absolute Gasteiger partial charge is 0.699 e. The number of carbonyl (C=O) groups is 1. The number of rotatable bonds is 9. The third-order valence-corrected chi connectivity index (χ3v) is 2.47. The van der Waals surface area contributed by atoms with E-state index in [1.807, 2.05) is 6.92 Å². The first-order valence-corrected chi connectivity index (χ1v) is 7.08. The maximum atomic E-state index is 10.8. The molecular formula is C12H16O7P+. The Bertz CT molecular complexity index is 463. The highest BCUT2D eigenvalue weighted by Crippen LogP contribution is 2.38. The summed E-state index contributed by atoms with van der Waals surface area (Å²) in [5.41, 5.74) is 0. The molecule has 0 amide bonds. The van der Waals surface area contributed by atoms with Gasteiger partial charge in [0.1, 0.15) is 0 Å². The number of hydrogen-bond donors (Lipinski definition) is 1. The van der Waals surface area contributed by atoms with Crippen LogP contribution in [0, 0.1) is 0 Å². The molecule has 1 aromatic carbocycles. The molecule has 0 aromatic heterocycles. The Labute approximate surface area is 117 Å². The van der Waals surface area contributed by atoms with Gasteiger partial charge in [0.15, 0.2) is 17.8 Å². The van der Waals surface area contributed by atoms with Crippen LogP contribution in [0.4, 0.5) is 0 Å². The van der Waals surface area contributed by atoms with Crippen LogP contribution in [0.15, 0.2) is 18.2 Å². The van der Waals surface area contributed by atoms with Gasteiger partial charge in [0.05, 0.1) is 13.2 Å². The third kappa shape index (κ3) is 4.77. The Morgan fingerprint density at radius 1 is 1.25 bits per heavy atom. The first-order valence-electron chi connectivity index (χ1n) is 5.95. The molecule has 1 aromatic rings. The average Bonchev–Trinajstić information content (AvgIpc) is 2.41. The fraction of sp³-hybridized carbons (Fsp3) is 0.417. The first kappa shape index (κ1) is 16.4. The predicted molar refractivity (Wildman–Crippen MR) is 70.2 cm³/mol. The zero-order chi connectivity index (χ0) is 15.0. The van der Waals surface area contributed by atoms with Crippen LogP contribution in [0.2, 0.25) is 0 Å². The lowest BCUT2D eigenvalue weighted by Gasteiger charge is -2.16. The molecule has 110 valence electrons. The van der Waals surface area contributed by atoms with Crippen LogP contribution >= 0.6 is 8.25 Å². The quantitative estimate of drug-likeness (QED) is 0.424. The van der Waals surface area contributed by atoms with Gasteiger partial charge in [-0.05, 0) is 26.0 Å². The first-order chi connectivity index (χ1) is 9.62. The van der Waals surface area contributed by atoms with E-state index in [4.69, 9.17) is 19.1 Å². The number of carbonyl (C=O) groups excluding carboxylic acids is 1. The lowest BCUT2D eigenvalue weighted by atomic mass is 10.3. The van der Waals surface area contributed by atoms with Crippen LogP contribution in [-0.2, 0) is 13.9 Å². The minimum absolute atomic E-state index is 0.187. The molecule has 1 rings (SSSR count). The molecule has 0 aliphatic carbocycles. The van der Waals surface area contributed by atoms with Crippen LogP contribution < -0.4 is 14.2 Å². The molecule has 0 spiro atoms. The van der Waals surface area contributed by atoms with E-state index in [-0.39, 0.29) is 12.0 Å². The van der Waals surface area contributed by atoms with E-state index < -0.39 is 14.5 Å². The molecule has 2 atom stereocenters. The van der Waals surface area contributed by atoms with E-state index in [2.05, 4.69) is 4.52 Å². The van der Waals surface area contributed by atoms with E-state index in [1.54, 1.807) is 19.1 Å². The summed E-state index contributed by atoms with van der Waals surface area (Å²) in [7, 11) is -2.95. The molecule has 0 saturated heterocycles. The van der Waals surface area contributed by atoms with Crippen molar-refractivity contribution in [2.24, 2.45) is 0 Å². The van der Waals surface area contributed by atoms with Gasteiger partial charge in [-0.25, -0.2) is 0 Å².